The molecule has 1 atom stereocenters. The highest BCUT2D eigenvalue weighted by atomic mass is 35.5. The number of carbonyl (C=O) groups is 3. The highest BCUT2D eigenvalue weighted by Gasteiger charge is 2.28. The number of carbonyl (C=O) groups excluding carboxylic acids is 3. The predicted molar refractivity (Wildman–Crippen MR) is 157 cm³/mol. The fourth-order valence-corrected chi connectivity index (χ4v) is 4.67. The van der Waals surface area contributed by atoms with Crippen LogP contribution < -0.4 is 15.6 Å². The molecule has 8 nitrogen and oxygen atoms in total. The summed E-state index contributed by atoms with van der Waals surface area (Å²) >= 11 is 6.28. The molecule has 0 bridgehead atoms. The van der Waals surface area contributed by atoms with E-state index in [1.54, 1.807) is 42.5 Å². The molecule has 5 rings (SSSR count). The fraction of sp³-hybridized carbons (Fsp3) is 0.219. The van der Waals surface area contributed by atoms with E-state index in [1.165, 1.54) is 13.0 Å². The Morgan fingerprint density at radius 2 is 1.78 bits per heavy atom. The molecule has 1 aliphatic rings. The van der Waals surface area contributed by atoms with E-state index in [-0.39, 0.29) is 18.1 Å². The number of hydrogen-bond donors (Lipinski definition) is 1. The van der Waals surface area contributed by atoms with E-state index < -0.39 is 17.5 Å². The maximum atomic E-state index is 13.7. The Labute approximate surface area is 241 Å². The summed E-state index contributed by atoms with van der Waals surface area (Å²) in [4.78, 5) is 50.8. The maximum absolute atomic E-state index is 13.7. The van der Waals surface area contributed by atoms with E-state index in [0.717, 1.165) is 29.4 Å². The van der Waals surface area contributed by atoms with Crippen molar-refractivity contribution < 1.29 is 19.1 Å². The Morgan fingerprint density at radius 3 is 2.44 bits per heavy atom. The molecule has 1 saturated carbocycles. The standard InChI is InChI=1S/C32H28ClN3O5/c1-20(38)26-14-11-24(33)16-27(26)28-17-30(39)36(35-32(28)41-19-23-7-8-23)29(15-21-5-3-2-4-6-21)31(40)34-25-12-9-22(18-37)10-13-25/h2-6,9-14,16-18,23,29H,7-8,15,19H2,1H3,(H,34,40). The molecule has 9 heteroatoms. The number of halogens is 1. The Hall–Kier alpha value is -4.56. The number of rotatable bonds is 11. The van der Waals surface area contributed by atoms with Crippen molar-refractivity contribution in [3.05, 3.63) is 111 Å². The lowest BCUT2D eigenvalue weighted by atomic mass is 9.98. The third-order valence-corrected chi connectivity index (χ3v) is 7.15. The Kier molecular flexibility index (Phi) is 8.40. The second-order valence-corrected chi connectivity index (χ2v) is 10.5. The zero-order valence-electron chi connectivity index (χ0n) is 22.4. The molecule has 1 fully saturated rings. The van der Waals surface area contributed by atoms with Crippen LogP contribution in [-0.4, -0.2) is 34.4 Å². The summed E-state index contributed by atoms with van der Waals surface area (Å²) < 4.78 is 7.25. The molecule has 0 aliphatic heterocycles. The van der Waals surface area contributed by atoms with Gasteiger partial charge >= 0.3 is 0 Å². The van der Waals surface area contributed by atoms with Crippen molar-refractivity contribution >= 4 is 35.3 Å². The molecule has 0 radical (unpaired) electrons. The SMILES string of the molecule is CC(=O)c1ccc(Cl)cc1-c1cc(=O)n(C(Cc2ccccc2)C(=O)Nc2ccc(C=O)cc2)nc1OCC1CC1. The monoisotopic (exact) mass is 569 g/mol. The Balaban J connectivity index is 1.59. The molecule has 1 heterocycles. The third kappa shape index (κ3) is 6.78. The molecule has 1 N–H and O–H groups in total. The van der Waals surface area contributed by atoms with Crippen LogP contribution in [0, 0.1) is 5.92 Å². The summed E-state index contributed by atoms with van der Waals surface area (Å²) in [6, 6.07) is 20.9. The molecule has 3 aromatic carbocycles. The van der Waals surface area contributed by atoms with Crippen LogP contribution in [0.3, 0.4) is 0 Å². The molecular weight excluding hydrogens is 542 g/mol. The Bertz CT molecular complexity index is 1650. The summed E-state index contributed by atoms with van der Waals surface area (Å²) in [6.07, 6.45) is 2.97. The van der Waals surface area contributed by atoms with Crippen molar-refractivity contribution in [3.8, 4) is 17.0 Å². The average molecular weight is 570 g/mol. The molecule has 208 valence electrons. The van der Waals surface area contributed by atoms with Gasteiger partial charge in [0.1, 0.15) is 12.3 Å². The summed E-state index contributed by atoms with van der Waals surface area (Å²) in [7, 11) is 0. The highest BCUT2D eigenvalue weighted by molar-refractivity contribution is 6.31. The number of aromatic nitrogens is 2. The number of ketones is 1. The van der Waals surface area contributed by atoms with Gasteiger partial charge < -0.3 is 10.1 Å². The van der Waals surface area contributed by atoms with Crippen molar-refractivity contribution in [3.63, 3.8) is 0 Å². The minimum atomic E-state index is -1.03. The minimum Gasteiger partial charge on any atom is -0.476 e. The highest BCUT2D eigenvalue weighted by Crippen LogP contribution is 2.35. The average Bonchev–Trinajstić information content (AvgIpc) is 3.80. The quantitative estimate of drug-likeness (QED) is 0.181. The first-order valence-corrected chi connectivity index (χ1v) is 13.7. The largest absolute Gasteiger partial charge is 0.476 e. The second kappa shape index (κ2) is 12.3. The fourth-order valence-electron chi connectivity index (χ4n) is 4.50. The van der Waals surface area contributed by atoms with E-state index in [0.29, 0.717) is 45.5 Å². The zero-order valence-corrected chi connectivity index (χ0v) is 23.1. The van der Waals surface area contributed by atoms with Crippen LogP contribution in [0.4, 0.5) is 5.69 Å². The molecule has 4 aromatic rings. The van der Waals surface area contributed by atoms with Gasteiger partial charge in [0.25, 0.3) is 5.56 Å². The summed E-state index contributed by atoms with van der Waals surface area (Å²) in [6.45, 7) is 1.83. The number of ether oxygens (including phenoxy) is 1. The zero-order chi connectivity index (χ0) is 28.9. The molecule has 41 heavy (non-hydrogen) atoms. The topological polar surface area (TPSA) is 107 Å². The molecule has 1 unspecified atom stereocenters. The maximum Gasteiger partial charge on any atom is 0.268 e. The van der Waals surface area contributed by atoms with Crippen LogP contribution in [0.2, 0.25) is 5.02 Å². The number of benzene rings is 3. The van der Waals surface area contributed by atoms with Gasteiger partial charge in [-0.2, -0.15) is 0 Å². The van der Waals surface area contributed by atoms with E-state index in [4.69, 9.17) is 16.3 Å². The number of Topliss-reactive ketones (excluding diaryl/α,β-unsaturated/α-hetero) is 1. The number of amides is 1. The van der Waals surface area contributed by atoms with E-state index in [9.17, 15) is 19.2 Å². The smallest absolute Gasteiger partial charge is 0.268 e. The van der Waals surface area contributed by atoms with Gasteiger partial charge in [-0.3, -0.25) is 19.2 Å². The first-order valence-electron chi connectivity index (χ1n) is 13.3. The molecule has 1 aromatic heterocycles. The van der Waals surface area contributed by atoms with Crippen molar-refractivity contribution in [1.82, 2.24) is 9.78 Å². The van der Waals surface area contributed by atoms with Crippen LogP contribution in [0.15, 0.2) is 83.7 Å². The Morgan fingerprint density at radius 1 is 1.05 bits per heavy atom. The number of aldehydes is 1. The van der Waals surface area contributed by atoms with E-state index >= 15 is 0 Å². The number of nitrogens with one attached hydrogen (secondary N) is 1. The van der Waals surface area contributed by atoms with Crippen molar-refractivity contribution in [2.24, 2.45) is 5.92 Å². The molecule has 1 aliphatic carbocycles. The lowest BCUT2D eigenvalue weighted by molar-refractivity contribution is -0.119. The van der Waals surface area contributed by atoms with Crippen molar-refractivity contribution in [2.75, 3.05) is 11.9 Å². The summed E-state index contributed by atoms with van der Waals surface area (Å²) in [5.74, 6) is -0.136. The van der Waals surface area contributed by atoms with Gasteiger partial charge in [0.15, 0.2) is 5.78 Å². The van der Waals surface area contributed by atoms with Crippen LogP contribution in [0.5, 0.6) is 5.88 Å². The van der Waals surface area contributed by atoms with Gasteiger partial charge in [0, 0.05) is 34.3 Å². The van der Waals surface area contributed by atoms with Crippen LogP contribution in [0.1, 0.15) is 52.1 Å². The number of hydrogen-bond acceptors (Lipinski definition) is 6. The van der Waals surface area contributed by atoms with Crippen molar-refractivity contribution in [1.29, 1.82) is 0 Å². The summed E-state index contributed by atoms with van der Waals surface area (Å²) in [5.41, 5.74) is 2.38. The van der Waals surface area contributed by atoms with Crippen LogP contribution >= 0.6 is 11.6 Å². The molecule has 0 spiro atoms. The van der Waals surface area contributed by atoms with Crippen LogP contribution in [-0.2, 0) is 11.2 Å². The van der Waals surface area contributed by atoms with Crippen molar-refractivity contribution in [2.45, 2.75) is 32.2 Å². The lowest BCUT2D eigenvalue weighted by Crippen LogP contribution is -2.36. The molecule has 1 amide bonds. The number of anilines is 1. The van der Waals surface area contributed by atoms with Crippen LogP contribution in [0.25, 0.3) is 11.1 Å². The third-order valence-electron chi connectivity index (χ3n) is 6.91. The number of nitrogens with zero attached hydrogens (tertiary/aromatic N) is 2. The molecule has 0 saturated heterocycles. The minimum absolute atomic E-state index is 0.141. The van der Waals surface area contributed by atoms with Gasteiger partial charge in [0.2, 0.25) is 11.8 Å². The second-order valence-electron chi connectivity index (χ2n) is 10.1. The van der Waals surface area contributed by atoms with Gasteiger partial charge in [-0.15, -0.1) is 5.10 Å². The van der Waals surface area contributed by atoms with E-state index in [2.05, 4.69) is 10.4 Å². The van der Waals surface area contributed by atoms with Gasteiger partial charge in [0.05, 0.1) is 12.2 Å². The summed E-state index contributed by atoms with van der Waals surface area (Å²) in [5, 5.41) is 7.82. The normalized spacial score (nSPS) is 13.3. The first kappa shape index (κ1) is 28.0. The van der Waals surface area contributed by atoms with Gasteiger partial charge in [-0.25, -0.2) is 4.68 Å². The molecular formula is C32H28ClN3O5. The lowest BCUT2D eigenvalue weighted by Gasteiger charge is -2.21. The van der Waals surface area contributed by atoms with Gasteiger partial charge in [-0.05, 0) is 79.3 Å². The van der Waals surface area contributed by atoms with E-state index in [1.807, 2.05) is 30.3 Å². The van der Waals surface area contributed by atoms with Gasteiger partial charge in [-0.1, -0.05) is 41.9 Å². The predicted octanol–water partition coefficient (Wildman–Crippen LogP) is 5.79. The first-order chi connectivity index (χ1) is 19.8.